The van der Waals surface area contributed by atoms with Crippen LogP contribution in [0.2, 0.25) is 0 Å². The molecule has 1 unspecified atom stereocenters. The Kier molecular flexibility index (Phi) is 5.70. The van der Waals surface area contributed by atoms with Gasteiger partial charge in [-0.3, -0.25) is 4.79 Å². The largest absolute Gasteiger partial charge is 0.357 e. The third-order valence-corrected chi connectivity index (χ3v) is 3.17. The molecule has 2 rings (SSSR count). The monoisotopic (exact) mass is 308 g/mol. The zero-order chi connectivity index (χ0) is 16.7. The highest BCUT2D eigenvalue weighted by Crippen LogP contribution is 2.07. The number of carbonyl (C=O) groups excluding carboxylic acids is 1. The van der Waals surface area contributed by atoms with Gasteiger partial charge in [0.2, 0.25) is 11.9 Å². The van der Waals surface area contributed by atoms with Crippen molar-refractivity contribution in [2.24, 2.45) is 0 Å². The Hall–Kier alpha value is -2.87. The lowest BCUT2D eigenvalue weighted by atomic mass is 10.1. The molecule has 2 N–H and O–H groups in total. The topological polar surface area (TPSA) is 66.9 Å². The minimum absolute atomic E-state index is 0.00787. The van der Waals surface area contributed by atoms with Crippen LogP contribution >= 0.6 is 0 Å². The number of amides is 1. The summed E-state index contributed by atoms with van der Waals surface area (Å²) in [6.07, 6.45) is 4.18. The summed E-state index contributed by atoms with van der Waals surface area (Å²) in [5, 5.41) is 5.74. The summed E-state index contributed by atoms with van der Waals surface area (Å²) >= 11 is 0. The molecule has 1 aromatic carbocycles. The summed E-state index contributed by atoms with van der Waals surface area (Å²) in [4.78, 5) is 19.3. The van der Waals surface area contributed by atoms with E-state index in [1.165, 1.54) is 12.5 Å². The molecular weight excluding hydrogens is 288 g/mol. The second-order valence-electron chi connectivity index (χ2n) is 5.30. The molecule has 0 radical (unpaired) electrons. The number of nitrogens with zero attached hydrogens (tertiary/aromatic N) is 2. The summed E-state index contributed by atoms with van der Waals surface area (Å²) in [5.74, 6) is 6.70. The molecule has 5 nitrogen and oxygen atoms in total. The molecule has 1 amide bonds. The summed E-state index contributed by atoms with van der Waals surface area (Å²) in [6.45, 7) is 3.52. The summed E-state index contributed by atoms with van der Waals surface area (Å²) in [6, 6.07) is 8.13. The minimum Gasteiger partial charge on any atom is -0.357 e. The van der Waals surface area contributed by atoms with Crippen LogP contribution in [-0.2, 0) is 11.2 Å². The quantitative estimate of drug-likeness (QED) is 0.848. The van der Waals surface area contributed by atoms with Gasteiger partial charge in [-0.05, 0) is 31.0 Å². The van der Waals surface area contributed by atoms with Gasteiger partial charge in [-0.15, -0.1) is 0 Å². The highest BCUT2D eigenvalue weighted by atomic mass is 16.1. The Morgan fingerprint density at radius 3 is 2.30 bits per heavy atom. The number of anilines is 1. The average molecular weight is 308 g/mol. The van der Waals surface area contributed by atoms with E-state index in [4.69, 9.17) is 0 Å². The number of benzene rings is 1. The lowest BCUT2D eigenvalue weighted by molar-refractivity contribution is -0.119. The lowest BCUT2D eigenvalue weighted by Crippen LogP contribution is -2.31. The Morgan fingerprint density at radius 1 is 1.13 bits per heavy atom. The first-order chi connectivity index (χ1) is 11.1. The molecule has 0 aliphatic rings. The maximum absolute atomic E-state index is 11.0. The van der Waals surface area contributed by atoms with Gasteiger partial charge in [0.25, 0.3) is 0 Å². The van der Waals surface area contributed by atoms with Crippen molar-refractivity contribution in [3.05, 3.63) is 53.3 Å². The van der Waals surface area contributed by atoms with Crippen molar-refractivity contribution in [3.8, 4) is 11.8 Å². The average Bonchev–Trinajstić information content (AvgIpc) is 2.54. The van der Waals surface area contributed by atoms with Crippen LogP contribution < -0.4 is 10.6 Å². The molecule has 0 aliphatic carbocycles. The molecule has 2 aromatic rings. The molecule has 0 saturated heterocycles. The molecular formula is C18H20N4O. The first-order valence-corrected chi connectivity index (χ1v) is 7.44. The predicted molar refractivity (Wildman–Crippen MR) is 91.0 cm³/mol. The first-order valence-electron chi connectivity index (χ1n) is 7.44. The Bertz CT molecular complexity index is 711. The van der Waals surface area contributed by atoms with Crippen molar-refractivity contribution in [1.82, 2.24) is 15.3 Å². The van der Waals surface area contributed by atoms with Gasteiger partial charge in [-0.1, -0.05) is 24.0 Å². The highest BCUT2D eigenvalue weighted by molar-refractivity contribution is 5.73. The van der Waals surface area contributed by atoms with Crippen LogP contribution in [0.3, 0.4) is 0 Å². The fourth-order valence-electron chi connectivity index (χ4n) is 2.14. The number of carbonyl (C=O) groups is 1. The van der Waals surface area contributed by atoms with E-state index in [-0.39, 0.29) is 11.9 Å². The van der Waals surface area contributed by atoms with Gasteiger partial charge in [0.15, 0.2) is 0 Å². The standard InChI is InChI=1S/C18H20N4O/c1-13(22-14(2)23)10-16-7-4-15(5-8-16)6-9-17-11-20-18(19-3)21-12-17/h4-5,7-8,11-13H,10H2,1-3H3,(H,22,23)(H,19,20,21). The van der Waals surface area contributed by atoms with E-state index in [9.17, 15) is 4.79 Å². The Morgan fingerprint density at radius 2 is 1.74 bits per heavy atom. The first kappa shape index (κ1) is 16.5. The number of hydrogen-bond acceptors (Lipinski definition) is 4. The molecule has 0 spiro atoms. The van der Waals surface area contributed by atoms with Crippen LogP contribution in [0.4, 0.5) is 5.95 Å². The molecule has 5 heteroatoms. The summed E-state index contributed by atoms with van der Waals surface area (Å²) in [5.41, 5.74) is 2.87. The van der Waals surface area contributed by atoms with E-state index in [1.807, 2.05) is 31.2 Å². The maximum Gasteiger partial charge on any atom is 0.222 e. The van der Waals surface area contributed by atoms with Gasteiger partial charge < -0.3 is 10.6 Å². The smallest absolute Gasteiger partial charge is 0.222 e. The summed E-state index contributed by atoms with van der Waals surface area (Å²) < 4.78 is 0. The second kappa shape index (κ2) is 7.95. The lowest BCUT2D eigenvalue weighted by Gasteiger charge is -2.12. The SMILES string of the molecule is CNc1ncc(C#Cc2ccc(CC(C)NC(C)=O)cc2)cn1. The second-order valence-corrected chi connectivity index (χ2v) is 5.30. The highest BCUT2D eigenvalue weighted by Gasteiger charge is 2.04. The van der Waals surface area contributed by atoms with Crippen molar-refractivity contribution < 1.29 is 4.79 Å². The van der Waals surface area contributed by atoms with Gasteiger partial charge in [0.05, 0.1) is 5.56 Å². The van der Waals surface area contributed by atoms with E-state index >= 15 is 0 Å². The van der Waals surface area contributed by atoms with Gasteiger partial charge in [-0.2, -0.15) is 0 Å². The zero-order valence-electron chi connectivity index (χ0n) is 13.6. The van der Waals surface area contributed by atoms with Crippen molar-refractivity contribution >= 4 is 11.9 Å². The molecule has 0 aliphatic heterocycles. The van der Waals surface area contributed by atoms with E-state index in [0.717, 1.165) is 17.5 Å². The zero-order valence-corrected chi connectivity index (χ0v) is 13.6. The van der Waals surface area contributed by atoms with Crippen molar-refractivity contribution in [2.75, 3.05) is 12.4 Å². The number of hydrogen-bond donors (Lipinski definition) is 2. The minimum atomic E-state index is -0.00787. The van der Waals surface area contributed by atoms with Gasteiger partial charge in [0.1, 0.15) is 0 Å². The van der Waals surface area contributed by atoms with E-state index in [0.29, 0.717) is 5.95 Å². The van der Waals surface area contributed by atoms with Crippen molar-refractivity contribution in [3.63, 3.8) is 0 Å². The molecule has 23 heavy (non-hydrogen) atoms. The molecule has 1 aromatic heterocycles. The van der Waals surface area contributed by atoms with Crippen LogP contribution in [0.5, 0.6) is 0 Å². The number of rotatable bonds is 4. The normalized spacial score (nSPS) is 11.1. The van der Waals surface area contributed by atoms with Crippen molar-refractivity contribution in [1.29, 1.82) is 0 Å². The molecule has 0 fully saturated rings. The van der Waals surface area contributed by atoms with Crippen LogP contribution in [0.25, 0.3) is 0 Å². The predicted octanol–water partition coefficient (Wildman–Crippen LogP) is 1.99. The van der Waals surface area contributed by atoms with E-state index < -0.39 is 0 Å². The van der Waals surface area contributed by atoms with E-state index in [2.05, 4.69) is 32.4 Å². The molecule has 1 atom stereocenters. The molecule has 0 bridgehead atoms. The number of aromatic nitrogens is 2. The van der Waals surface area contributed by atoms with Crippen molar-refractivity contribution in [2.45, 2.75) is 26.3 Å². The summed E-state index contributed by atoms with van der Waals surface area (Å²) in [7, 11) is 1.77. The molecule has 118 valence electrons. The Balaban J connectivity index is 1.99. The fraction of sp³-hybridized carbons (Fsp3) is 0.278. The third-order valence-electron chi connectivity index (χ3n) is 3.17. The maximum atomic E-state index is 11.0. The number of nitrogens with one attached hydrogen (secondary N) is 2. The van der Waals surface area contributed by atoms with Crippen LogP contribution in [0.15, 0.2) is 36.7 Å². The van der Waals surface area contributed by atoms with Gasteiger partial charge in [-0.25, -0.2) is 9.97 Å². The molecule has 0 saturated carbocycles. The van der Waals surface area contributed by atoms with E-state index in [1.54, 1.807) is 19.4 Å². The third kappa shape index (κ3) is 5.44. The van der Waals surface area contributed by atoms with Crippen LogP contribution in [-0.4, -0.2) is 29.0 Å². The van der Waals surface area contributed by atoms with Gasteiger partial charge in [0, 0.05) is 38.0 Å². The van der Waals surface area contributed by atoms with Gasteiger partial charge >= 0.3 is 0 Å². The fourth-order valence-corrected chi connectivity index (χ4v) is 2.14. The Labute approximate surface area is 136 Å². The van der Waals surface area contributed by atoms with Crippen LogP contribution in [0, 0.1) is 11.8 Å². The molecule has 1 heterocycles. The van der Waals surface area contributed by atoms with Crippen LogP contribution in [0.1, 0.15) is 30.5 Å².